The van der Waals surface area contributed by atoms with E-state index in [1.165, 1.54) is 0 Å². The van der Waals surface area contributed by atoms with Gasteiger partial charge >= 0.3 is 0 Å². The highest BCUT2D eigenvalue weighted by Crippen LogP contribution is 2.30. The van der Waals surface area contributed by atoms with E-state index >= 15 is 0 Å². The van der Waals surface area contributed by atoms with Crippen LogP contribution in [0.1, 0.15) is 36.2 Å². The van der Waals surface area contributed by atoms with Gasteiger partial charge < -0.3 is 14.7 Å². The molecule has 2 aliphatic rings. The summed E-state index contributed by atoms with van der Waals surface area (Å²) in [6.07, 6.45) is 1.14. The minimum Gasteiger partial charge on any atom is -0.368 e. The van der Waals surface area contributed by atoms with Gasteiger partial charge in [-0.1, -0.05) is 25.1 Å². The average Bonchev–Trinajstić information content (AvgIpc) is 3.20. The van der Waals surface area contributed by atoms with E-state index in [0.717, 1.165) is 36.4 Å². The first-order valence-corrected chi connectivity index (χ1v) is 11.0. The minimum absolute atomic E-state index is 0.0310. The number of anilines is 2. The highest BCUT2D eigenvalue weighted by molar-refractivity contribution is 6.01. The number of hydrogen-bond acceptors (Lipinski definition) is 4. The molecule has 2 aromatic carbocycles. The molecule has 2 heterocycles. The molecule has 0 bridgehead atoms. The fraction of sp³-hybridized carbons (Fsp3) is 0.400. The lowest BCUT2D eigenvalue weighted by atomic mass is 10.1. The molecule has 2 fully saturated rings. The number of Topliss-reactive ketones (excluding diaryl/α,β-unsaturated/α-hetero) is 1. The lowest BCUT2D eigenvalue weighted by Gasteiger charge is -2.37. The largest absolute Gasteiger partial charge is 0.368 e. The van der Waals surface area contributed by atoms with Crippen LogP contribution in [-0.2, 0) is 16.0 Å². The molecule has 1 atom stereocenters. The normalized spacial score (nSPS) is 19.1. The monoisotopic (exact) mass is 419 g/mol. The third kappa shape index (κ3) is 4.33. The zero-order chi connectivity index (χ0) is 22.0. The molecule has 2 saturated heterocycles. The van der Waals surface area contributed by atoms with Gasteiger partial charge in [0, 0.05) is 56.1 Å². The number of amides is 2. The maximum Gasteiger partial charge on any atom is 0.228 e. The molecule has 2 aromatic rings. The van der Waals surface area contributed by atoms with Crippen molar-refractivity contribution in [3.8, 4) is 0 Å². The van der Waals surface area contributed by atoms with E-state index in [9.17, 15) is 14.4 Å². The Morgan fingerprint density at radius 1 is 0.968 bits per heavy atom. The molecule has 0 unspecified atom stereocenters. The molecule has 0 radical (unpaired) electrons. The number of carbonyl (C=O) groups is 3. The lowest BCUT2D eigenvalue weighted by molar-refractivity contribution is -0.136. The summed E-state index contributed by atoms with van der Waals surface area (Å²) in [6.45, 7) is 6.88. The first-order valence-electron chi connectivity index (χ1n) is 11.0. The van der Waals surface area contributed by atoms with Gasteiger partial charge in [0.25, 0.3) is 0 Å². The van der Waals surface area contributed by atoms with Gasteiger partial charge in [0.15, 0.2) is 5.78 Å². The molecule has 4 rings (SSSR count). The molecule has 0 N–H and O–H groups in total. The maximum absolute atomic E-state index is 13.1. The van der Waals surface area contributed by atoms with Crippen LogP contribution >= 0.6 is 0 Å². The Balaban J connectivity index is 1.37. The Bertz CT molecular complexity index is 978. The fourth-order valence-corrected chi connectivity index (χ4v) is 4.53. The third-order valence-corrected chi connectivity index (χ3v) is 6.37. The number of benzene rings is 2. The van der Waals surface area contributed by atoms with Crippen LogP contribution in [0.4, 0.5) is 11.4 Å². The number of hydrogen-bond donors (Lipinski definition) is 0. The predicted octanol–water partition coefficient (Wildman–Crippen LogP) is 3.15. The van der Waals surface area contributed by atoms with Gasteiger partial charge in [-0.05, 0) is 49.2 Å². The second-order valence-corrected chi connectivity index (χ2v) is 8.30. The number of rotatable bonds is 5. The Labute approximate surface area is 183 Å². The Morgan fingerprint density at radius 2 is 1.65 bits per heavy atom. The van der Waals surface area contributed by atoms with Crippen LogP contribution in [0.2, 0.25) is 0 Å². The van der Waals surface area contributed by atoms with Crippen LogP contribution in [-0.4, -0.2) is 55.2 Å². The molecule has 0 saturated carbocycles. The molecule has 0 aromatic heterocycles. The summed E-state index contributed by atoms with van der Waals surface area (Å²) < 4.78 is 0. The predicted molar refractivity (Wildman–Crippen MR) is 122 cm³/mol. The van der Waals surface area contributed by atoms with Crippen molar-refractivity contribution in [2.45, 2.75) is 26.7 Å². The molecule has 0 aliphatic carbocycles. The fourth-order valence-electron chi connectivity index (χ4n) is 4.53. The molecule has 2 amide bonds. The van der Waals surface area contributed by atoms with E-state index in [2.05, 4.69) is 11.8 Å². The number of aryl methyl sites for hydroxylation is 1. The molecular weight excluding hydrogens is 390 g/mol. The van der Waals surface area contributed by atoms with E-state index in [-0.39, 0.29) is 29.9 Å². The summed E-state index contributed by atoms with van der Waals surface area (Å²) >= 11 is 0. The summed E-state index contributed by atoms with van der Waals surface area (Å²) in [5, 5.41) is 0. The van der Waals surface area contributed by atoms with E-state index < -0.39 is 0 Å². The molecule has 6 heteroatoms. The standard InChI is InChI=1S/C25H29N3O3/c1-3-19-6-4-5-7-23(19)28-17-21(16-24(28)30)25(31)27-14-12-26(13-15-27)22-10-8-20(9-11-22)18(2)29/h4-11,21H,3,12-17H2,1-2H3/t21-/m1/s1. The van der Waals surface area contributed by atoms with Crippen LogP contribution in [0, 0.1) is 5.92 Å². The van der Waals surface area contributed by atoms with Gasteiger partial charge in [0.1, 0.15) is 0 Å². The lowest BCUT2D eigenvalue weighted by Crippen LogP contribution is -2.50. The van der Waals surface area contributed by atoms with Crippen molar-refractivity contribution in [3.63, 3.8) is 0 Å². The second-order valence-electron chi connectivity index (χ2n) is 8.30. The van der Waals surface area contributed by atoms with Gasteiger partial charge in [-0.3, -0.25) is 14.4 Å². The van der Waals surface area contributed by atoms with Crippen molar-refractivity contribution < 1.29 is 14.4 Å². The van der Waals surface area contributed by atoms with Crippen molar-refractivity contribution in [2.75, 3.05) is 42.5 Å². The summed E-state index contributed by atoms with van der Waals surface area (Å²) in [4.78, 5) is 43.2. The molecule has 0 spiro atoms. The first kappa shape index (κ1) is 21.1. The van der Waals surface area contributed by atoms with E-state index in [1.54, 1.807) is 11.8 Å². The highest BCUT2D eigenvalue weighted by Gasteiger charge is 2.38. The zero-order valence-corrected chi connectivity index (χ0v) is 18.2. The number of nitrogens with zero attached hydrogens (tertiary/aromatic N) is 3. The Hall–Kier alpha value is -3.15. The van der Waals surface area contributed by atoms with Gasteiger partial charge in [0.2, 0.25) is 11.8 Å². The van der Waals surface area contributed by atoms with Crippen LogP contribution in [0.3, 0.4) is 0 Å². The third-order valence-electron chi connectivity index (χ3n) is 6.37. The van der Waals surface area contributed by atoms with E-state index in [1.807, 2.05) is 53.4 Å². The molecular formula is C25H29N3O3. The van der Waals surface area contributed by atoms with Crippen LogP contribution in [0.25, 0.3) is 0 Å². The summed E-state index contributed by atoms with van der Waals surface area (Å²) in [7, 11) is 0. The van der Waals surface area contributed by atoms with Crippen LogP contribution in [0.5, 0.6) is 0 Å². The van der Waals surface area contributed by atoms with Gasteiger partial charge in [0.05, 0.1) is 5.92 Å². The van der Waals surface area contributed by atoms with Crippen molar-refractivity contribution in [1.82, 2.24) is 4.90 Å². The number of para-hydroxylation sites is 1. The SMILES string of the molecule is CCc1ccccc1N1C[C@H](C(=O)N2CCN(c3ccc(C(C)=O)cc3)CC2)CC1=O. The van der Waals surface area contributed by atoms with Gasteiger partial charge in [-0.25, -0.2) is 0 Å². The average molecular weight is 420 g/mol. The van der Waals surface area contributed by atoms with Crippen LogP contribution in [0.15, 0.2) is 48.5 Å². The molecule has 162 valence electrons. The smallest absolute Gasteiger partial charge is 0.228 e. The van der Waals surface area contributed by atoms with Gasteiger partial charge in [-0.15, -0.1) is 0 Å². The number of piperazine rings is 1. The molecule has 31 heavy (non-hydrogen) atoms. The summed E-state index contributed by atoms with van der Waals surface area (Å²) in [5.74, 6) is -0.109. The Morgan fingerprint density at radius 3 is 2.29 bits per heavy atom. The van der Waals surface area contributed by atoms with Gasteiger partial charge in [-0.2, -0.15) is 0 Å². The summed E-state index contributed by atoms with van der Waals surface area (Å²) in [6, 6.07) is 15.6. The van der Waals surface area contributed by atoms with E-state index in [4.69, 9.17) is 0 Å². The highest BCUT2D eigenvalue weighted by atomic mass is 16.2. The van der Waals surface area contributed by atoms with Crippen molar-refractivity contribution >= 4 is 29.0 Å². The van der Waals surface area contributed by atoms with Crippen molar-refractivity contribution in [3.05, 3.63) is 59.7 Å². The topological polar surface area (TPSA) is 60.9 Å². The minimum atomic E-state index is -0.279. The number of carbonyl (C=O) groups excluding carboxylic acids is 3. The second kappa shape index (κ2) is 8.92. The van der Waals surface area contributed by atoms with Crippen molar-refractivity contribution in [2.24, 2.45) is 5.92 Å². The van der Waals surface area contributed by atoms with Crippen LogP contribution < -0.4 is 9.80 Å². The maximum atomic E-state index is 13.1. The Kier molecular flexibility index (Phi) is 6.07. The van der Waals surface area contributed by atoms with E-state index in [0.29, 0.717) is 25.2 Å². The number of ketones is 1. The zero-order valence-electron chi connectivity index (χ0n) is 18.2. The molecule has 2 aliphatic heterocycles. The van der Waals surface area contributed by atoms with Crippen molar-refractivity contribution in [1.29, 1.82) is 0 Å². The first-order chi connectivity index (χ1) is 15.0. The molecule has 6 nitrogen and oxygen atoms in total. The summed E-state index contributed by atoms with van der Waals surface area (Å²) in [5.41, 5.74) is 3.84. The quantitative estimate of drug-likeness (QED) is 0.699.